The van der Waals surface area contributed by atoms with Gasteiger partial charge in [-0.3, -0.25) is 0 Å². The van der Waals surface area contributed by atoms with E-state index in [-0.39, 0.29) is 11.6 Å². The van der Waals surface area contributed by atoms with Gasteiger partial charge >= 0.3 is 0 Å². The van der Waals surface area contributed by atoms with Crippen molar-refractivity contribution in [2.24, 2.45) is 0 Å². The van der Waals surface area contributed by atoms with E-state index < -0.39 is 0 Å². The molecule has 0 unspecified atom stereocenters. The van der Waals surface area contributed by atoms with Gasteiger partial charge in [-0.2, -0.15) is 8.75 Å². The number of fused-ring (bicyclic) bond motifs is 1. The fourth-order valence-corrected chi connectivity index (χ4v) is 6.53. The number of hydrogen-bond acceptors (Lipinski definition) is 5. The van der Waals surface area contributed by atoms with E-state index in [9.17, 15) is 8.78 Å². The quantitative estimate of drug-likeness (QED) is 0.248. The highest BCUT2D eigenvalue weighted by Gasteiger charge is 2.17. The van der Waals surface area contributed by atoms with E-state index in [2.05, 4.69) is 8.75 Å². The van der Waals surface area contributed by atoms with Gasteiger partial charge in [-0.15, -0.1) is 22.7 Å². The van der Waals surface area contributed by atoms with Crippen LogP contribution in [0.1, 0.15) is 0 Å². The molecule has 160 valence electrons. The Morgan fingerprint density at radius 3 is 1.27 bits per heavy atom. The fourth-order valence-electron chi connectivity index (χ4n) is 3.84. The van der Waals surface area contributed by atoms with Crippen molar-refractivity contribution in [2.45, 2.75) is 0 Å². The average Bonchev–Trinajstić information content (AvgIpc) is 3.59. The van der Waals surface area contributed by atoms with E-state index in [1.807, 2.05) is 48.5 Å². The molecule has 0 saturated carbocycles. The number of rotatable bonds is 4. The molecule has 0 aliphatic rings. The number of hydrogen-bond donors (Lipinski definition) is 0. The molecule has 33 heavy (non-hydrogen) atoms. The molecule has 7 heteroatoms. The van der Waals surface area contributed by atoms with E-state index in [1.54, 1.807) is 24.3 Å². The molecule has 3 aromatic heterocycles. The Morgan fingerprint density at radius 2 is 0.848 bits per heavy atom. The zero-order valence-electron chi connectivity index (χ0n) is 17.0. The summed E-state index contributed by atoms with van der Waals surface area (Å²) in [5.41, 5.74) is 4.78. The Hall–Kier alpha value is -3.26. The molecule has 0 aliphatic carbocycles. The number of nitrogens with zero attached hydrogens (tertiary/aromatic N) is 2. The minimum Gasteiger partial charge on any atom is -0.206 e. The molecule has 3 aromatic carbocycles. The van der Waals surface area contributed by atoms with Crippen molar-refractivity contribution in [2.75, 3.05) is 0 Å². The molecule has 0 N–H and O–H groups in total. The zero-order valence-corrected chi connectivity index (χ0v) is 19.4. The topological polar surface area (TPSA) is 25.8 Å². The molecule has 6 aromatic rings. The Morgan fingerprint density at radius 1 is 0.455 bits per heavy atom. The van der Waals surface area contributed by atoms with Crippen molar-refractivity contribution >= 4 is 45.4 Å². The van der Waals surface area contributed by atoms with Crippen LogP contribution in [0.3, 0.4) is 0 Å². The molecule has 0 amide bonds. The first-order valence-corrected chi connectivity index (χ1v) is 12.5. The first-order chi connectivity index (χ1) is 16.2. The van der Waals surface area contributed by atoms with E-state index in [0.29, 0.717) is 11.1 Å². The van der Waals surface area contributed by atoms with E-state index in [4.69, 9.17) is 0 Å². The lowest BCUT2D eigenvalue weighted by atomic mass is 10.1. The lowest BCUT2D eigenvalue weighted by Gasteiger charge is -2.04. The Balaban J connectivity index is 1.41. The van der Waals surface area contributed by atoms with Gasteiger partial charge in [0.2, 0.25) is 0 Å². The maximum atomic E-state index is 14.2. The Labute approximate surface area is 200 Å². The van der Waals surface area contributed by atoms with Crippen LogP contribution < -0.4 is 0 Å². The number of benzene rings is 3. The Bertz CT molecular complexity index is 1500. The highest BCUT2D eigenvalue weighted by molar-refractivity contribution is 7.19. The van der Waals surface area contributed by atoms with Crippen molar-refractivity contribution in [1.29, 1.82) is 0 Å². The molecule has 0 bridgehead atoms. The molecule has 0 radical (unpaired) electrons. The summed E-state index contributed by atoms with van der Waals surface area (Å²) in [6.07, 6.45) is 0. The lowest BCUT2D eigenvalue weighted by molar-refractivity contribution is 0.631. The molecule has 0 fully saturated rings. The second-order valence-electron chi connectivity index (χ2n) is 7.41. The number of halogens is 2. The van der Waals surface area contributed by atoms with Crippen LogP contribution in [0.4, 0.5) is 8.78 Å². The molecule has 3 heterocycles. The van der Waals surface area contributed by atoms with Gasteiger partial charge in [-0.25, -0.2) is 8.78 Å². The normalized spacial score (nSPS) is 11.3. The van der Waals surface area contributed by atoms with Crippen molar-refractivity contribution in [3.8, 4) is 41.8 Å². The standard InChI is InChI=1S/C26H14F2N2S3/c27-19-7-3-1-5-15(19)21-11-13-23(31-21)17-9-10-18(26-25(17)29-33-30-26)24-14-12-22(32-24)16-6-2-4-8-20(16)28/h1-14H. The van der Waals surface area contributed by atoms with Gasteiger partial charge in [-0.1, -0.05) is 48.5 Å². The third kappa shape index (κ3) is 3.58. The van der Waals surface area contributed by atoms with Crippen molar-refractivity contribution in [3.63, 3.8) is 0 Å². The number of thiophene rings is 2. The van der Waals surface area contributed by atoms with Gasteiger partial charge in [0.1, 0.15) is 22.7 Å². The highest BCUT2D eigenvalue weighted by Crippen LogP contribution is 2.42. The van der Waals surface area contributed by atoms with Crippen LogP contribution in [0.2, 0.25) is 0 Å². The Kier molecular flexibility index (Phi) is 5.10. The lowest BCUT2D eigenvalue weighted by Crippen LogP contribution is -1.82. The SMILES string of the molecule is Fc1ccccc1-c1ccc(-c2ccc(-c3ccc(-c4ccccc4F)s3)c3nsnc23)s1. The van der Waals surface area contributed by atoms with Crippen LogP contribution in [0.15, 0.2) is 84.9 Å². The predicted molar refractivity (Wildman–Crippen MR) is 135 cm³/mol. The highest BCUT2D eigenvalue weighted by atomic mass is 32.1. The molecule has 0 aliphatic heterocycles. The minimum absolute atomic E-state index is 0.231. The predicted octanol–water partition coefficient (Wildman–Crippen LogP) is 8.76. The summed E-state index contributed by atoms with van der Waals surface area (Å²) in [6.45, 7) is 0. The second-order valence-corrected chi connectivity index (χ2v) is 10.1. The third-order valence-corrected chi connectivity index (χ3v) is 8.27. The zero-order chi connectivity index (χ0) is 22.4. The summed E-state index contributed by atoms with van der Waals surface area (Å²) in [6, 6.07) is 25.6. The maximum absolute atomic E-state index is 14.2. The summed E-state index contributed by atoms with van der Waals surface area (Å²) in [4.78, 5) is 3.76. The first-order valence-electron chi connectivity index (χ1n) is 10.1. The van der Waals surface area contributed by atoms with E-state index >= 15 is 0 Å². The van der Waals surface area contributed by atoms with Crippen LogP contribution >= 0.6 is 34.4 Å². The summed E-state index contributed by atoms with van der Waals surface area (Å²) in [7, 11) is 0. The summed E-state index contributed by atoms with van der Waals surface area (Å²) >= 11 is 4.24. The molecular weight excluding hydrogens is 474 g/mol. The molecule has 0 atom stereocenters. The van der Waals surface area contributed by atoms with Gasteiger partial charge in [0.15, 0.2) is 0 Å². The van der Waals surface area contributed by atoms with Gasteiger partial charge < -0.3 is 0 Å². The largest absolute Gasteiger partial charge is 0.206 e. The van der Waals surface area contributed by atoms with Crippen molar-refractivity contribution in [3.05, 3.63) is 96.6 Å². The maximum Gasteiger partial charge on any atom is 0.131 e. The van der Waals surface area contributed by atoms with Crippen LogP contribution in [-0.2, 0) is 0 Å². The summed E-state index contributed by atoms with van der Waals surface area (Å²) in [5, 5.41) is 0. The molecule has 0 spiro atoms. The van der Waals surface area contributed by atoms with Gasteiger partial charge in [-0.05, 0) is 36.4 Å². The monoisotopic (exact) mass is 488 g/mol. The molecule has 6 rings (SSSR count). The first kappa shape index (κ1) is 20.4. The molecule has 2 nitrogen and oxygen atoms in total. The van der Waals surface area contributed by atoms with Crippen molar-refractivity contribution < 1.29 is 8.78 Å². The summed E-state index contributed by atoms with van der Waals surface area (Å²) in [5.74, 6) is -0.463. The fraction of sp³-hybridized carbons (Fsp3) is 0. The van der Waals surface area contributed by atoms with Gasteiger partial charge in [0, 0.05) is 41.8 Å². The smallest absolute Gasteiger partial charge is 0.131 e. The van der Waals surface area contributed by atoms with E-state index in [0.717, 1.165) is 41.7 Å². The minimum atomic E-state index is -0.231. The van der Waals surface area contributed by atoms with Gasteiger partial charge in [0.05, 0.1) is 11.7 Å². The van der Waals surface area contributed by atoms with Crippen LogP contribution in [0.25, 0.3) is 52.8 Å². The average molecular weight is 489 g/mol. The molecular formula is C26H14F2N2S3. The van der Waals surface area contributed by atoms with Gasteiger partial charge in [0.25, 0.3) is 0 Å². The van der Waals surface area contributed by atoms with E-state index in [1.165, 1.54) is 46.5 Å². The number of aromatic nitrogens is 2. The second kappa shape index (κ2) is 8.26. The molecule has 0 saturated heterocycles. The van der Waals surface area contributed by atoms with Crippen LogP contribution in [0, 0.1) is 11.6 Å². The van der Waals surface area contributed by atoms with Crippen LogP contribution in [0.5, 0.6) is 0 Å². The summed E-state index contributed by atoms with van der Waals surface area (Å²) < 4.78 is 37.6. The van der Waals surface area contributed by atoms with Crippen molar-refractivity contribution in [1.82, 2.24) is 8.75 Å². The van der Waals surface area contributed by atoms with Crippen LogP contribution in [-0.4, -0.2) is 8.75 Å². The third-order valence-electron chi connectivity index (χ3n) is 5.44.